The third-order valence-corrected chi connectivity index (χ3v) is 4.48. The highest BCUT2D eigenvalue weighted by Gasteiger charge is 2.23. The SMILES string of the molecule is Cc1ccnc(Nc2nc3c(s2)CN(C)Cc2[nH]ncc2-3)n1. The zero-order valence-corrected chi connectivity index (χ0v) is 13.1. The molecule has 0 aliphatic carbocycles. The first-order chi connectivity index (χ1) is 10.7. The van der Waals surface area contributed by atoms with Gasteiger partial charge in [0.15, 0.2) is 5.13 Å². The summed E-state index contributed by atoms with van der Waals surface area (Å²) < 4.78 is 0. The van der Waals surface area contributed by atoms with E-state index < -0.39 is 0 Å². The average molecular weight is 313 g/mol. The molecule has 0 unspecified atom stereocenters. The summed E-state index contributed by atoms with van der Waals surface area (Å²) in [6.07, 6.45) is 3.59. The zero-order chi connectivity index (χ0) is 15.1. The van der Waals surface area contributed by atoms with Gasteiger partial charge in [-0.15, -0.1) is 0 Å². The summed E-state index contributed by atoms with van der Waals surface area (Å²) in [6.45, 7) is 3.66. The van der Waals surface area contributed by atoms with Crippen molar-refractivity contribution in [3.63, 3.8) is 0 Å². The quantitative estimate of drug-likeness (QED) is 0.755. The summed E-state index contributed by atoms with van der Waals surface area (Å²) in [5, 5.41) is 11.2. The van der Waals surface area contributed by atoms with Gasteiger partial charge in [-0.25, -0.2) is 15.0 Å². The number of fused-ring (bicyclic) bond motifs is 3. The summed E-state index contributed by atoms with van der Waals surface area (Å²) in [7, 11) is 2.09. The molecule has 4 rings (SSSR count). The maximum absolute atomic E-state index is 4.72. The maximum atomic E-state index is 4.72. The molecular weight excluding hydrogens is 298 g/mol. The van der Waals surface area contributed by atoms with E-state index in [1.54, 1.807) is 17.5 Å². The van der Waals surface area contributed by atoms with Gasteiger partial charge in [-0.05, 0) is 20.0 Å². The number of nitrogens with zero attached hydrogens (tertiary/aromatic N) is 5. The predicted molar refractivity (Wildman–Crippen MR) is 84.9 cm³/mol. The molecule has 3 aromatic rings. The lowest BCUT2D eigenvalue weighted by atomic mass is 10.2. The minimum absolute atomic E-state index is 0.574. The number of aromatic amines is 1. The van der Waals surface area contributed by atoms with Gasteiger partial charge in [0.1, 0.15) is 0 Å². The van der Waals surface area contributed by atoms with Crippen LogP contribution in [0.4, 0.5) is 11.1 Å². The number of anilines is 2. The third-order valence-electron chi connectivity index (χ3n) is 3.53. The van der Waals surface area contributed by atoms with Crippen LogP contribution in [0.1, 0.15) is 16.3 Å². The second-order valence-electron chi connectivity index (χ2n) is 5.37. The molecule has 0 atom stereocenters. The molecule has 2 N–H and O–H groups in total. The molecule has 0 amide bonds. The Morgan fingerprint density at radius 2 is 2.23 bits per heavy atom. The lowest BCUT2D eigenvalue weighted by Crippen LogP contribution is -2.15. The average Bonchev–Trinajstić information content (AvgIpc) is 3.03. The summed E-state index contributed by atoms with van der Waals surface area (Å²) in [5.41, 5.74) is 4.10. The summed E-state index contributed by atoms with van der Waals surface area (Å²) in [5.74, 6) is 0.574. The lowest BCUT2D eigenvalue weighted by molar-refractivity contribution is 0.321. The normalized spacial score (nSPS) is 14.3. The first-order valence-electron chi connectivity index (χ1n) is 6.96. The van der Waals surface area contributed by atoms with Crippen molar-refractivity contribution in [1.82, 2.24) is 30.0 Å². The van der Waals surface area contributed by atoms with Crippen LogP contribution in [0.2, 0.25) is 0 Å². The van der Waals surface area contributed by atoms with E-state index >= 15 is 0 Å². The van der Waals surface area contributed by atoms with Gasteiger partial charge < -0.3 is 5.32 Å². The van der Waals surface area contributed by atoms with E-state index in [9.17, 15) is 0 Å². The second kappa shape index (κ2) is 5.15. The number of hydrogen-bond acceptors (Lipinski definition) is 7. The van der Waals surface area contributed by atoms with Crippen molar-refractivity contribution in [2.45, 2.75) is 20.0 Å². The molecule has 7 nitrogen and oxygen atoms in total. The Hall–Kier alpha value is -2.32. The van der Waals surface area contributed by atoms with E-state index in [2.05, 4.69) is 37.4 Å². The van der Waals surface area contributed by atoms with Crippen molar-refractivity contribution in [2.75, 3.05) is 12.4 Å². The fraction of sp³-hybridized carbons (Fsp3) is 0.286. The van der Waals surface area contributed by atoms with E-state index in [-0.39, 0.29) is 0 Å². The Morgan fingerprint density at radius 1 is 1.32 bits per heavy atom. The highest BCUT2D eigenvalue weighted by atomic mass is 32.1. The molecule has 0 saturated heterocycles. The van der Waals surface area contributed by atoms with Crippen molar-refractivity contribution >= 4 is 22.4 Å². The molecule has 8 heteroatoms. The van der Waals surface area contributed by atoms with E-state index in [0.29, 0.717) is 5.95 Å². The van der Waals surface area contributed by atoms with E-state index in [1.807, 2.05) is 19.2 Å². The molecule has 0 radical (unpaired) electrons. The lowest BCUT2D eigenvalue weighted by Gasteiger charge is -2.11. The first-order valence-corrected chi connectivity index (χ1v) is 7.78. The topological polar surface area (TPSA) is 82.6 Å². The molecule has 22 heavy (non-hydrogen) atoms. The molecule has 112 valence electrons. The van der Waals surface area contributed by atoms with E-state index in [0.717, 1.165) is 40.9 Å². The van der Waals surface area contributed by atoms with Crippen LogP contribution in [0, 0.1) is 6.92 Å². The zero-order valence-electron chi connectivity index (χ0n) is 12.3. The van der Waals surface area contributed by atoms with Crippen molar-refractivity contribution in [1.29, 1.82) is 0 Å². The van der Waals surface area contributed by atoms with Crippen LogP contribution < -0.4 is 5.32 Å². The molecule has 0 bridgehead atoms. The van der Waals surface area contributed by atoms with Crippen LogP contribution in [0.3, 0.4) is 0 Å². The fourth-order valence-corrected chi connectivity index (χ4v) is 3.59. The summed E-state index contributed by atoms with van der Waals surface area (Å²) >= 11 is 1.63. The van der Waals surface area contributed by atoms with E-state index in [1.165, 1.54) is 4.88 Å². The second-order valence-corrected chi connectivity index (χ2v) is 6.46. The van der Waals surface area contributed by atoms with Gasteiger partial charge in [0.2, 0.25) is 5.95 Å². The number of nitrogens with one attached hydrogen (secondary N) is 2. The molecule has 1 aliphatic heterocycles. The van der Waals surface area contributed by atoms with Gasteiger partial charge in [-0.2, -0.15) is 5.10 Å². The van der Waals surface area contributed by atoms with E-state index in [4.69, 9.17) is 4.98 Å². The van der Waals surface area contributed by atoms with Crippen LogP contribution in [0.15, 0.2) is 18.5 Å². The first kappa shape index (κ1) is 13.4. The fourth-order valence-electron chi connectivity index (χ4n) is 2.54. The van der Waals surface area contributed by atoms with Gasteiger partial charge in [-0.3, -0.25) is 10.00 Å². The van der Waals surface area contributed by atoms with Gasteiger partial charge in [0.05, 0.1) is 17.6 Å². The molecule has 0 fully saturated rings. The van der Waals surface area contributed by atoms with Crippen molar-refractivity contribution in [3.05, 3.63) is 34.7 Å². The number of rotatable bonds is 2. The van der Waals surface area contributed by atoms with Crippen LogP contribution in [0.25, 0.3) is 11.3 Å². The Kier molecular flexibility index (Phi) is 3.12. The predicted octanol–water partition coefficient (Wildman–Crippen LogP) is 2.32. The van der Waals surface area contributed by atoms with Gasteiger partial charge in [-0.1, -0.05) is 11.3 Å². The number of thiazole rings is 1. The Labute approximate surface area is 131 Å². The standard InChI is InChI=1S/C14H15N7S/c1-8-3-4-15-13(17-8)19-14-18-12-9-5-16-20-10(9)6-21(2)7-11(12)22-14/h3-5H,6-7H2,1-2H3,(H,16,20)(H,15,17,18,19). The number of hydrogen-bond donors (Lipinski definition) is 2. The maximum Gasteiger partial charge on any atom is 0.229 e. The number of aryl methyl sites for hydroxylation is 1. The summed E-state index contributed by atoms with van der Waals surface area (Å²) in [6, 6.07) is 1.87. The van der Waals surface area contributed by atoms with Crippen LogP contribution in [-0.4, -0.2) is 37.1 Å². The number of aromatic nitrogens is 5. The molecule has 4 heterocycles. The third kappa shape index (κ3) is 2.36. The Morgan fingerprint density at radius 3 is 3.09 bits per heavy atom. The van der Waals surface area contributed by atoms with Crippen LogP contribution in [0.5, 0.6) is 0 Å². The molecule has 0 spiro atoms. The largest absolute Gasteiger partial charge is 0.300 e. The molecule has 1 aliphatic rings. The minimum Gasteiger partial charge on any atom is -0.300 e. The van der Waals surface area contributed by atoms with Gasteiger partial charge >= 0.3 is 0 Å². The smallest absolute Gasteiger partial charge is 0.229 e. The van der Waals surface area contributed by atoms with Gasteiger partial charge in [0.25, 0.3) is 0 Å². The Balaban J connectivity index is 1.72. The van der Waals surface area contributed by atoms with Crippen LogP contribution >= 0.6 is 11.3 Å². The molecular formula is C14H15N7S. The highest BCUT2D eigenvalue weighted by Crippen LogP contribution is 2.36. The van der Waals surface area contributed by atoms with Gasteiger partial charge in [0, 0.05) is 35.4 Å². The van der Waals surface area contributed by atoms with Crippen LogP contribution in [-0.2, 0) is 13.1 Å². The molecule has 0 aromatic carbocycles. The monoisotopic (exact) mass is 313 g/mol. The minimum atomic E-state index is 0.574. The molecule has 3 aromatic heterocycles. The Bertz CT molecular complexity index is 822. The van der Waals surface area contributed by atoms with Crippen molar-refractivity contribution in [2.24, 2.45) is 0 Å². The summed E-state index contributed by atoms with van der Waals surface area (Å²) in [4.78, 5) is 16.8. The number of H-pyrrole nitrogens is 1. The van der Waals surface area contributed by atoms with Crippen molar-refractivity contribution < 1.29 is 0 Å². The van der Waals surface area contributed by atoms with Crippen molar-refractivity contribution in [3.8, 4) is 11.3 Å². The molecule has 0 saturated carbocycles. The highest BCUT2D eigenvalue weighted by molar-refractivity contribution is 7.16.